The van der Waals surface area contributed by atoms with Gasteiger partial charge in [-0.3, -0.25) is 9.59 Å². The molecule has 1 aliphatic rings. The van der Waals surface area contributed by atoms with Gasteiger partial charge in [-0.25, -0.2) is 0 Å². The summed E-state index contributed by atoms with van der Waals surface area (Å²) in [5.74, 6) is -0.633. The summed E-state index contributed by atoms with van der Waals surface area (Å²) >= 11 is 1.37. The van der Waals surface area contributed by atoms with Gasteiger partial charge in [-0.2, -0.15) is 5.26 Å². The fourth-order valence-corrected chi connectivity index (χ4v) is 3.43. The molecule has 3 rings (SSSR count). The number of thioether (sulfide) groups is 1. The number of para-hydroxylation sites is 1. The van der Waals surface area contributed by atoms with E-state index in [9.17, 15) is 9.59 Å². The first kappa shape index (κ1) is 16.1. The average Bonchev–Trinajstić information content (AvgIpc) is 2.61. The summed E-state index contributed by atoms with van der Waals surface area (Å²) in [4.78, 5) is 25.0. The van der Waals surface area contributed by atoms with E-state index >= 15 is 0 Å². The van der Waals surface area contributed by atoms with E-state index in [1.165, 1.54) is 11.8 Å². The zero-order chi connectivity index (χ0) is 16.9. The van der Waals surface area contributed by atoms with E-state index in [2.05, 4.69) is 5.32 Å². The van der Waals surface area contributed by atoms with Crippen molar-refractivity contribution >= 4 is 29.3 Å². The van der Waals surface area contributed by atoms with Gasteiger partial charge in [-0.05, 0) is 29.8 Å². The van der Waals surface area contributed by atoms with Crippen LogP contribution in [0.2, 0.25) is 0 Å². The molecule has 0 radical (unpaired) electrons. The molecule has 0 bridgehead atoms. The van der Waals surface area contributed by atoms with Crippen LogP contribution in [0.5, 0.6) is 0 Å². The summed E-state index contributed by atoms with van der Waals surface area (Å²) in [5.41, 5.74) is 2.03. The molecule has 1 aliphatic heterocycles. The van der Waals surface area contributed by atoms with E-state index in [0.717, 1.165) is 16.1 Å². The van der Waals surface area contributed by atoms with Gasteiger partial charge in [-0.1, -0.05) is 24.3 Å². The molecular weight excluding hydrogens is 324 g/mol. The van der Waals surface area contributed by atoms with Crippen molar-refractivity contribution in [3.8, 4) is 6.07 Å². The van der Waals surface area contributed by atoms with Gasteiger partial charge in [0.1, 0.15) is 6.61 Å². The van der Waals surface area contributed by atoms with Gasteiger partial charge >= 0.3 is 5.97 Å². The second-order valence-electron chi connectivity index (χ2n) is 5.27. The predicted octanol–water partition coefficient (Wildman–Crippen LogP) is 3.10. The van der Waals surface area contributed by atoms with Gasteiger partial charge in [0.25, 0.3) is 0 Å². The number of nitrogens with one attached hydrogen (secondary N) is 1. The van der Waals surface area contributed by atoms with Crippen molar-refractivity contribution in [1.82, 2.24) is 0 Å². The van der Waals surface area contributed by atoms with Gasteiger partial charge < -0.3 is 10.1 Å². The van der Waals surface area contributed by atoms with E-state index in [0.29, 0.717) is 5.56 Å². The predicted molar refractivity (Wildman–Crippen MR) is 90.3 cm³/mol. The summed E-state index contributed by atoms with van der Waals surface area (Å²) in [7, 11) is 0. The second-order valence-corrected chi connectivity index (χ2v) is 6.51. The molecule has 1 atom stereocenters. The molecule has 0 spiro atoms. The Labute approximate surface area is 143 Å². The summed E-state index contributed by atoms with van der Waals surface area (Å²) in [5, 5.41) is 11.2. The molecule has 0 saturated heterocycles. The van der Waals surface area contributed by atoms with Crippen LogP contribution in [0, 0.1) is 11.3 Å². The quantitative estimate of drug-likeness (QED) is 0.867. The number of anilines is 1. The lowest BCUT2D eigenvalue weighted by molar-refractivity contribution is -0.145. The number of hydrogen-bond acceptors (Lipinski definition) is 5. The molecule has 1 N–H and O–H groups in total. The smallest absolute Gasteiger partial charge is 0.307 e. The Morgan fingerprint density at radius 1 is 1.25 bits per heavy atom. The Morgan fingerprint density at radius 3 is 2.92 bits per heavy atom. The Kier molecular flexibility index (Phi) is 4.82. The van der Waals surface area contributed by atoms with Crippen molar-refractivity contribution in [2.75, 3.05) is 5.32 Å². The van der Waals surface area contributed by atoms with Crippen LogP contribution in [0.1, 0.15) is 17.5 Å². The average molecular weight is 338 g/mol. The van der Waals surface area contributed by atoms with Crippen LogP contribution < -0.4 is 5.32 Å². The molecule has 1 heterocycles. The van der Waals surface area contributed by atoms with Crippen LogP contribution in [-0.4, -0.2) is 17.1 Å². The van der Waals surface area contributed by atoms with Gasteiger partial charge in [0.2, 0.25) is 5.91 Å². The number of esters is 1. The number of benzene rings is 2. The molecular formula is C18H14N2O3S. The minimum atomic E-state index is -0.502. The highest BCUT2D eigenvalue weighted by molar-refractivity contribution is 8.01. The van der Waals surface area contributed by atoms with E-state index in [-0.39, 0.29) is 18.9 Å². The number of ether oxygens (including phenoxy) is 1. The number of carbonyl (C=O) groups is 2. The third-order valence-electron chi connectivity index (χ3n) is 3.51. The monoisotopic (exact) mass is 338 g/mol. The number of carbonyl (C=O) groups excluding carboxylic acids is 2. The highest BCUT2D eigenvalue weighted by Gasteiger charge is 2.29. The van der Waals surface area contributed by atoms with Crippen LogP contribution in [0.15, 0.2) is 53.4 Å². The fourth-order valence-electron chi connectivity index (χ4n) is 2.33. The maximum atomic E-state index is 12.1. The minimum absolute atomic E-state index is 0.00275. The first-order valence-corrected chi connectivity index (χ1v) is 8.25. The number of nitriles is 1. The van der Waals surface area contributed by atoms with E-state index in [4.69, 9.17) is 10.00 Å². The van der Waals surface area contributed by atoms with Gasteiger partial charge in [0.05, 0.1) is 29.0 Å². The largest absolute Gasteiger partial charge is 0.461 e. The lowest BCUT2D eigenvalue weighted by Crippen LogP contribution is -2.31. The van der Waals surface area contributed by atoms with Crippen molar-refractivity contribution in [3.63, 3.8) is 0 Å². The number of rotatable bonds is 4. The van der Waals surface area contributed by atoms with Crippen molar-refractivity contribution in [2.24, 2.45) is 0 Å². The first-order chi connectivity index (χ1) is 11.7. The van der Waals surface area contributed by atoms with Crippen LogP contribution in [-0.2, 0) is 20.9 Å². The summed E-state index contributed by atoms with van der Waals surface area (Å²) in [6, 6.07) is 16.4. The SMILES string of the molecule is N#Cc1cccc(COC(=O)C[C@@H]2Sc3ccccc3NC2=O)c1. The third kappa shape index (κ3) is 3.76. The lowest BCUT2D eigenvalue weighted by atomic mass is 10.1. The molecule has 2 aromatic rings. The first-order valence-electron chi connectivity index (χ1n) is 7.37. The molecule has 0 fully saturated rings. The maximum absolute atomic E-state index is 12.1. The lowest BCUT2D eigenvalue weighted by Gasteiger charge is -2.23. The standard InChI is InChI=1S/C18H14N2O3S/c19-10-12-4-3-5-13(8-12)11-23-17(21)9-16-18(22)20-14-6-1-2-7-15(14)24-16/h1-8,16H,9,11H2,(H,20,22)/t16-/m0/s1. The molecule has 5 nitrogen and oxygen atoms in total. The Morgan fingerprint density at radius 2 is 2.08 bits per heavy atom. The van der Waals surface area contributed by atoms with Crippen molar-refractivity contribution in [2.45, 2.75) is 23.2 Å². The highest BCUT2D eigenvalue weighted by Crippen LogP contribution is 2.36. The number of amides is 1. The summed E-state index contributed by atoms with van der Waals surface area (Å²) in [6.07, 6.45) is 0.00275. The van der Waals surface area contributed by atoms with Crippen LogP contribution in [0.3, 0.4) is 0 Å². The second kappa shape index (κ2) is 7.20. The topological polar surface area (TPSA) is 79.2 Å². The van der Waals surface area contributed by atoms with E-state index < -0.39 is 11.2 Å². The Hall–Kier alpha value is -2.78. The van der Waals surface area contributed by atoms with Crippen molar-refractivity contribution in [3.05, 3.63) is 59.7 Å². The molecule has 0 unspecified atom stereocenters. The molecule has 24 heavy (non-hydrogen) atoms. The normalized spacial score (nSPS) is 15.8. The molecule has 6 heteroatoms. The summed E-state index contributed by atoms with van der Waals surface area (Å²) < 4.78 is 5.22. The van der Waals surface area contributed by atoms with Crippen LogP contribution >= 0.6 is 11.8 Å². The molecule has 0 saturated carbocycles. The zero-order valence-corrected chi connectivity index (χ0v) is 13.5. The van der Waals surface area contributed by atoms with E-state index in [1.54, 1.807) is 24.3 Å². The van der Waals surface area contributed by atoms with Gasteiger partial charge in [0, 0.05) is 4.90 Å². The van der Waals surface area contributed by atoms with E-state index in [1.807, 2.05) is 30.3 Å². The Bertz CT molecular complexity index is 829. The zero-order valence-electron chi connectivity index (χ0n) is 12.7. The number of fused-ring (bicyclic) bond motifs is 1. The molecule has 0 aromatic heterocycles. The molecule has 120 valence electrons. The van der Waals surface area contributed by atoms with Crippen LogP contribution in [0.4, 0.5) is 5.69 Å². The molecule has 2 aromatic carbocycles. The maximum Gasteiger partial charge on any atom is 0.307 e. The fraction of sp³-hybridized carbons (Fsp3) is 0.167. The Balaban J connectivity index is 1.57. The van der Waals surface area contributed by atoms with Gasteiger partial charge in [0.15, 0.2) is 0 Å². The number of hydrogen-bond donors (Lipinski definition) is 1. The van der Waals surface area contributed by atoms with Crippen molar-refractivity contribution in [1.29, 1.82) is 5.26 Å². The van der Waals surface area contributed by atoms with Crippen LogP contribution in [0.25, 0.3) is 0 Å². The van der Waals surface area contributed by atoms with Crippen molar-refractivity contribution < 1.29 is 14.3 Å². The summed E-state index contributed by atoms with van der Waals surface area (Å²) in [6.45, 7) is 0.0872. The molecule has 1 amide bonds. The highest BCUT2D eigenvalue weighted by atomic mass is 32.2. The van der Waals surface area contributed by atoms with Gasteiger partial charge in [-0.15, -0.1) is 11.8 Å². The number of nitrogens with zero attached hydrogens (tertiary/aromatic N) is 1. The minimum Gasteiger partial charge on any atom is -0.461 e. The third-order valence-corrected chi connectivity index (χ3v) is 4.79. The molecule has 0 aliphatic carbocycles.